The molecule has 0 aromatic heterocycles. The van der Waals surface area contributed by atoms with Crippen molar-refractivity contribution in [1.29, 1.82) is 0 Å². The number of amides is 1. The third-order valence-electron chi connectivity index (χ3n) is 4.35. The lowest BCUT2D eigenvalue weighted by atomic mass is 10.1. The molecule has 1 aliphatic heterocycles. The molecule has 0 bridgehead atoms. The number of aliphatic hydroxyl groups is 3. The number of likely N-dealkylation sites (tertiary alicyclic amines) is 1. The average Bonchev–Trinajstić information content (AvgIpc) is 2.79. The molecule has 4 atom stereocenters. The van der Waals surface area contributed by atoms with Gasteiger partial charge in [0.1, 0.15) is 0 Å². The first kappa shape index (κ1) is 21.3. The number of carbonyl (C=O) groups is 1. The summed E-state index contributed by atoms with van der Waals surface area (Å²) < 4.78 is 10.3. The third-order valence-corrected chi connectivity index (χ3v) is 4.35. The normalized spacial score (nSPS) is 27.5. The minimum Gasteiger partial charge on any atom is -0.395 e. The van der Waals surface area contributed by atoms with Gasteiger partial charge in [-0.25, -0.2) is 0 Å². The van der Waals surface area contributed by atoms with E-state index in [2.05, 4.69) is 5.32 Å². The quantitative estimate of drug-likeness (QED) is 0.325. The summed E-state index contributed by atoms with van der Waals surface area (Å²) in [4.78, 5) is 13.8. The van der Waals surface area contributed by atoms with Crippen LogP contribution in [0.15, 0.2) is 0 Å². The molecule has 0 saturated carbocycles. The zero-order valence-electron chi connectivity index (χ0n) is 14.7. The summed E-state index contributed by atoms with van der Waals surface area (Å²) in [6.07, 6.45) is -0.183. The second kappa shape index (κ2) is 11.7. The van der Waals surface area contributed by atoms with Gasteiger partial charge in [-0.05, 0) is 6.42 Å². The van der Waals surface area contributed by atoms with Crippen LogP contribution in [0.1, 0.15) is 26.2 Å². The van der Waals surface area contributed by atoms with Crippen LogP contribution in [0.4, 0.5) is 0 Å². The van der Waals surface area contributed by atoms with E-state index < -0.39 is 24.3 Å². The van der Waals surface area contributed by atoms with Crippen LogP contribution in [0.5, 0.6) is 0 Å². The number of hydrogen-bond acceptors (Lipinski definition) is 7. The van der Waals surface area contributed by atoms with Gasteiger partial charge >= 0.3 is 0 Å². The number of ether oxygens (including phenoxy) is 2. The molecule has 8 heteroatoms. The van der Waals surface area contributed by atoms with Crippen LogP contribution in [0.3, 0.4) is 0 Å². The van der Waals surface area contributed by atoms with Crippen LogP contribution in [0, 0.1) is 0 Å². The molecule has 8 nitrogen and oxygen atoms in total. The van der Waals surface area contributed by atoms with Crippen LogP contribution in [-0.4, -0.2) is 97.0 Å². The third kappa shape index (κ3) is 6.27. The fourth-order valence-corrected chi connectivity index (χ4v) is 2.96. The van der Waals surface area contributed by atoms with E-state index >= 15 is 0 Å². The lowest BCUT2D eigenvalue weighted by Gasteiger charge is -2.29. The number of nitrogens with zero attached hydrogens (tertiary/aromatic N) is 1. The number of nitrogens with one attached hydrogen (secondary N) is 1. The number of carbonyl (C=O) groups excluding carboxylic acids is 1. The monoisotopic (exact) mass is 348 g/mol. The van der Waals surface area contributed by atoms with Crippen molar-refractivity contribution in [1.82, 2.24) is 10.2 Å². The second-order valence-electron chi connectivity index (χ2n) is 6.05. The molecule has 0 radical (unpaired) electrons. The Hall–Kier alpha value is -0.770. The highest BCUT2D eigenvalue weighted by Crippen LogP contribution is 2.27. The predicted molar refractivity (Wildman–Crippen MR) is 88.6 cm³/mol. The Labute approximate surface area is 143 Å². The summed E-state index contributed by atoms with van der Waals surface area (Å²) in [5.41, 5.74) is 0. The van der Waals surface area contributed by atoms with E-state index in [9.17, 15) is 20.1 Å². The molecule has 0 unspecified atom stereocenters. The molecule has 142 valence electrons. The van der Waals surface area contributed by atoms with E-state index in [4.69, 9.17) is 9.47 Å². The van der Waals surface area contributed by atoms with E-state index in [1.165, 1.54) is 0 Å². The average molecular weight is 348 g/mol. The summed E-state index contributed by atoms with van der Waals surface area (Å²) in [5, 5.41) is 32.7. The Kier molecular flexibility index (Phi) is 10.4. The first-order valence-electron chi connectivity index (χ1n) is 8.62. The zero-order chi connectivity index (χ0) is 17.9. The molecule has 1 saturated heterocycles. The van der Waals surface area contributed by atoms with Crippen molar-refractivity contribution >= 4 is 5.91 Å². The lowest BCUT2D eigenvalue weighted by Crippen LogP contribution is -2.45. The molecule has 4 N–H and O–H groups in total. The van der Waals surface area contributed by atoms with Gasteiger partial charge in [-0.3, -0.25) is 9.69 Å². The Morgan fingerprint density at radius 2 is 1.88 bits per heavy atom. The van der Waals surface area contributed by atoms with Crippen LogP contribution < -0.4 is 5.32 Å². The van der Waals surface area contributed by atoms with Crippen LogP contribution >= 0.6 is 0 Å². The van der Waals surface area contributed by atoms with Gasteiger partial charge in [-0.1, -0.05) is 13.3 Å². The van der Waals surface area contributed by atoms with Crippen molar-refractivity contribution in [3.8, 4) is 0 Å². The molecule has 1 aliphatic rings. The van der Waals surface area contributed by atoms with E-state index in [1.54, 1.807) is 12.0 Å². The highest BCUT2D eigenvalue weighted by Gasteiger charge is 2.47. The second-order valence-corrected chi connectivity index (χ2v) is 6.05. The number of hydrogen-bond donors (Lipinski definition) is 4. The highest BCUT2D eigenvalue weighted by atomic mass is 16.5. The zero-order valence-corrected chi connectivity index (χ0v) is 14.7. The van der Waals surface area contributed by atoms with Crippen LogP contribution in [0.2, 0.25) is 0 Å². The van der Waals surface area contributed by atoms with Gasteiger partial charge in [-0.15, -0.1) is 0 Å². The summed E-state index contributed by atoms with van der Waals surface area (Å²) in [7, 11) is 1.59. The molecule has 0 aliphatic carbocycles. The topological polar surface area (TPSA) is 111 Å². The van der Waals surface area contributed by atoms with Crippen molar-refractivity contribution < 1.29 is 29.6 Å². The molecular formula is C16H32N2O6. The molecule has 1 rings (SSSR count). The predicted octanol–water partition coefficient (Wildman–Crippen LogP) is -1.28. The van der Waals surface area contributed by atoms with Gasteiger partial charge in [0.15, 0.2) is 0 Å². The number of unbranched alkanes of at least 4 members (excludes halogenated alkanes) is 1. The van der Waals surface area contributed by atoms with Gasteiger partial charge in [0, 0.05) is 32.7 Å². The van der Waals surface area contributed by atoms with Crippen molar-refractivity contribution in [2.45, 2.75) is 50.5 Å². The largest absolute Gasteiger partial charge is 0.395 e. The van der Waals surface area contributed by atoms with E-state index in [0.717, 1.165) is 12.8 Å². The number of methoxy groups -OCH3 is 1. The highest BCUT2D eigenvalue weighted by molar-refractivity contribution is 5.76. The summed E-state index contributed by atoms with van der Waals surface area (Å²) >= 11 is 0. The van der Waals surface area contributed by atoms with Crippen molar-refractivity contribution in [2.24, 2.45) is 0 Å². The summed E-state index contributed by atoms with van der Waals surface area (Å²) in [6, 6.07) is -1.13. The molecular weight excluding hydrogens is 316 g/mol. The lowest BCUT2D eigenvalue weighted by molar-refractivity contribution is -0.123. The van der Waals surface area contributed by atoms with Crippen LogP contribution in [0.25, 0.3) is 0 Å². The smallest absolute Gasteiger partial charge is 0.221 e. The number of aliphatic hydroxyl groups excluding tert-OH is 3. The molecule has 1 fully saturated rings. The maximum absolute atomic E-state index is 12.0. The Morgan fingerprint density at radius 3 is 2.50 bits per heavy atom. The minimum absolute atomic E-state index is 0.0799. The van der Waals surface area contributed by atoms with Crippen LogP contribution in [-0.2, 0) is 14.3 Å². The summed E-state index contributed by atoms with van der Waals surface area (Å²) in [6.45, 7) is 4.07. The van der Waals surface area contributed by atoms with Crippen molar-refractivity contribution in [3.63, 3.8) is 0 Å². The summed E-state index contributed by atoms with van der Waals surface area (Å²) in [5.74, 6) is -0.163. The van der Waals surface area contributed by atoms with E-state index in [1.807, 2.05) is 6.92 Å². The molecule has 0 aromatic rings. The standard InChI is InChI=1S/C16H32N2O6/c1-3-4-5-17-14(20)10-12-15(21)16(22)13(11-19)18(12)6-7-24-9-8-23-2/h12-13,15-16,19,21-22H,3-11H2,1-2H3,(H,17,20)/t12-,13-,15+,16-/m1/s1. The Bertz CT molecular complexity index is 357. The number of rotatable bonds is 12. The van der Waals surface area contributed by atoms with Gasteiger partial charge in [0.05, 0.1) is 44.7 Å². The molecule has 0 aromatic carbocycles. The molecule has 1 heterocycles. The van der Waals surface area contributed by atoms with E-state index in [0.29, 0.717) is 32.9 Å². The Balaban J connectivity index is 2.57. The maximum Gasteiger partial charge on any atom is 0.221 e. The first-order chi connectivity index (χ1) is 11.6. The van der Waals surface area contributed by atoms with Crippen molar-refractivity contribution in [2.75, 3.05) is 46.6 Å². The van der Waals surface area contributed by atoms with E-state index in [-0.39, 0.29) is 18.9 Å². The maximum atomic E-state index is 12.0. The van der Waals surface area contributed by atoms with Gasteiger partial charge < -0.3 is 30.1 Å². The molecule has 0 spiro atoms. The fourth-order valence-electron chi connectivity index (χ4n) is 2.96. The SMILES string of the molecule is CCCCNC(=O)C[C@@H]1[C@H](O)[C@H](O)[C@@H](CO)N1CCOCCOC. The molecule has 24 heavy (non-hydrogen) atoms. The Morgan fingerprint density at radius 1 is 1.17 bits per heavy atom. The van der Waals surface area contributed by atoms with Gasteiger partial charge in [0.2, 0.25) is 5.91 Å². The van der Waals surface area contributed by atoms with Gasteiger partial charge in [-0.2, -0.15) is 0 Å². The minimum atomic E-state index is -1.08. The van der Waals surface area contributed by atoms with Crippen molar-refractivity contribution in [3.05, 3.63) is 0 Å². The molecule has 1 amide bonds. The first-order valence-corrected chi connectivity index (χ1v) is 8.62. The van der Waals surface area contributed by atoms with Gasteiger partial charge in [0.25, 0.3) is 0 Å². The fraction of sp³-hybridized carbons (Fsp3) is 0.938.